The van der Waals surface area contributed by atoms with Gasteiger partial charge >= 0.3 is 0 Å². The summed E-state index contributed by atoms with van der Waals surface area (Å²) in [4.78, 5) is 4.50. The van der Waals surface area contributed by atoms with Gasteiger partial charge in [-0.3, -0.25) is 0 Å². The van der Waals surface area contributed by atoms with Crippen LogP contribution in [0.3, 0.4) is 0 Å². The molecule has 0 fully saturated rings. The van der Waals surface area contributed by atoms with E-state index in [0.29, 0.717) is 11.2 Å². The first-order chi connectivity index (χ1) is 11.3. The second kappa shape index (κ2) is 7.57. The summed E-state index contributed by atoms with van der Waals surface area (Å²) in [6.45, 7) is 2.22. The Morgan fingerprint density at radius 2 is 1.91 bits per heavy atom. The highest BCUT2D eigenvalue weighted by atomic mass is 32.1. The van der Waals surface area contributed by atoms with Crippen molar-refractivity contribution < 1.29 is 4.74 Å². The summed E-state index contributed by atoms with van der Waals surface area (Å²) in [6, 6.07) is 17.0. The first-order valence-electron chi connectivity index (χ1n) is 8.08. The zero-order valence-corrected chi connectivity index (χ0v) is 14.4. The van der Waals surface area contributed by atoms with Crippen LogP contribution in [-0.4, -0.2) is 18.1 Å². The lowest BCUT2D eigenvalue weighted by atomic mass is 10.0. The molecule has 0 amide bonds. The molecule has 1 atom stereocenters. The molecule has 0 aliphatic rings. The quantitative estimate of drug-likeness (QED) is 0.662. The Labute approximate surface area is 141 Å². The second-order valence-electron chi connectivity index (χ2n) is 5.63. The van der Waals surface area contributed by atoms with E-state index in [1.54, 1.807) is 11.3 Å². The Kier molecular flexibility index (Phi) is 5.26. The van der Waals surface area contributed by atoms with E-state index in [2.05, 4.69) is 35.4 Å². The third-order valence-electron chi connectivity index (χ3n) is 4.09. The predicted molar refractivity (Wildman–Crippen MR) is 97.6 cm³/mol. The molecule has 3 nitrogen and oxygen atoms in total. The van der Waals surface area contributed by atoms with Gasteiger partial charge in [0, 0.05) is 6.04 Å². The van der Waals surface area contributed by atoms with Crippen molar-refractivity contribution >= 4 is 21.6 Å². The van der Waals surface area contributed by atoms with E-state index in [0.717, 1.165) is 35.2 Å². The van der Waals surface area contributed by atoms with E-state index in [-0.39, 0.29) is 0 Å². The molecule has 0 saturated carbocycles. The third-order valence-corrected chi connectivity index (χ3v) is 5.00. The minimum absolute atomic E-state index is 0.591. The van der Waals surface area contributed by atoms with Crippen LogP contribution in [0.15, 0.2) is 48.5 Å². The molecular weight excluding hydrogens is 304 g/mol. The summed E-state index contributed by atoms with van der Waals surface area (Å²) in [5.74, 6) is 0.841. The topological polar surface area (TPSA) is 34.1 Å². The van der Waals surface area contributed by atoms with Gasteiger partial charge in [-0.1, -0.05) is 42.5 Å². The standard InChI is InChI=1S/C19H22N2OS/c1-3-15(20-2)11-8-14-9-12-16(13-10-14)22-19-21-17-6-4-5-7-18(17)23-19/h4-7,9-10,12-13,15,20H,3,8,11H2,1-2H3. The highest BCUT2D eigenvalue weighted by Gasteiger charge is 2.06. The van der Waals surface area contributed by atoms with E-state index in [4.69, 9.17) is 4.74 Å². The van der Waals surface area contributed by atoms with Crippen LogP contribution in [0.2, 0.25) is 0 Å². The molecule has 0 bridgehead atoms. The molecule has 0 spiro atoms. The Bertz CT molecular complexity index is 714. The molecule has 0 aliphatic carbocycles. The predicted octanol–water partition coefficient (Wildman–Crippen LogP) is 5.02. The molecule has 120 valence electrons. The van der Waals surface area contributed by atoms with Crippen LogP contribution >= 0.6 is 11.3 Å². The van der Waals surface area contributed by atoms with Crippen LogP contribution in [0, 0.1) is 0 Å². The molecule has 1 N–H and O–H groups in total. The number of hydrogen-bond donors (Lipinski definition) is 1. The summed E-state index contributed by atoms with van der Waals surface area (Å²) >= 11 is 1.57. The van der Waals surface area contributed by atoms with E-state index in [9.17, 15) is 0 Å². The maximum atomic E-state index is 5.88. The maximum Gasteiger partial charge on any atom is 0.279 e. The van der Waals surface area contributed by atoms with Crippen molar-refractivity contribution in [3.63, 3.8) is 0 Å². The van der Waals surface area contributed by atoms with Gasteiger partial charge in [0.25, 0.3) is 5.19 Å². The van der Waals surface area contributed by atoms with Gasteiger partial charge in [0.2, 0.25) is 0 Å². The van der Waals surface area contributed by atoms with Crippen molar-refractivity contribution in [1.82, 2.24) is 10.3 Å². The van der Waals surface area contributed by atoms with Crippen molar-refractivity contribution in [2.24, 2.45) is 0 Å². The number of para-hydroxylation sites is 1. The number of hydrogen-bond acceptors (Lipinski definition) is 4. The van der Waals surface area contributed by atoms with Gasteiger partial charge in [0.15, 0.2) is 0 Å². The minimum Gasteiger partial charge on any atom is -0.431 e. The average Bonchev–Trinajstić information content (AvgIpc) is 2.99. The number of nitrogens with one attached hydrogen (secondary N) is 1. The zero-order valence-electron chi connectivity index (χ0n) is 13.6. The van der Waals surface area contributed by atoms with Gasteiger partial charge < -0.3 is 10.1 Å². The monoisotopic (exact) mass is 326 g/mol. The molecule has 1 aromatic heterocycles. The van der Waals surface area contributed by atoms with E-state index in [1.165, 1.54) is 5.56 Å². The van der Waals surface area contributed by atoms with E-state index >= 15 is 0 Å². The van der Waals surface area contributed by atoms with Crippen molar-refractivity contribution in [3.8, 4) is 10.9 Å². The Morgan fingerprint density at radius 1 is 1.13 bits per heavy atom. The van der Waals surface area contributed by atoms with Crippen LogP contribution in [-0.2, 0) is 6.42 Å². The van der Waals surface area contributed by atoms with Crippen molar-refractivity contribution in [2.75, 3.05) is 7.05 Å². The normalized spacial score (nSPS) is 12.4. The zero-order chi connectivity index (χ0) is 16.1. The van der Waals surface area contributed by atoms with Crippen LogP contribution in [0.1, 0.15) is 25.3 Å². The Hall–Kier alpha value is -1.91. The largest absolute Gasteiger partial charge is 0.431 e. The van der Waals surface area contributed by atoms with Gasteiger partial charge in [-0.25, -0.2) is 4.98 Å². The number of nitrogens with zero attached hydrogens (tertiary/aromatic N) is 1. The molecule has 1 heterocycles. The number of rotatable bonds is 7. The lowest BCUT2D eigenvalue weighted by Crippen LogP contribution is -2.24. The van der Waals surface area contributed by atoms with Crippen LogP contribution < -0.4 is 10.1 Å². The summed E-state index contributed by atoms with van der Waals surface area (Å²) in [5.41, 5.74) is 2.33. The number of ether oxygens (including phenoxy) is 1. The fourth-order valence-corrected chi connectivity index (χ4v) is 3.45. The van der Waals surface area contributed by atoms with Crippen LogP contribution in [0.4, 0.5) is 0 Å². The molecule has 4 heteroatoms. The molecule has 0 radical (unpaired) electrons. The molecule has 1 unspecified atom stereocenters. The third kappa shape index (κ3) is 4.09. The molecule has 0 saturated heterocycles. The smallest absolute Gasteiger partial charge is 0.279 e. The summed E-state index contributed by atoms with van der Waals surface area (Å²) < 4.78 is 7.03. The fraction of sp³-hybridized carbons (Fsp3) is 0.316. The van der Waals surface area contributed by atoms with E-state index in [1.807, 2.05) is 37.4 Å². The maximum absolute atomic E-state index is 5.88. The Morgan fingerprint density at radius 3 is 2.61 bits per heavy atom. The first-order valence-corrected chi connectivity index (χ1v) is 8.89. The number of fused-ring (bicyclic) bond motifs is 1. The number of aromatic nitrogens is 1. The van der Waals surface area contributed by atoms with Crippen molar-refractivity contribution in [3.05, 3.63) is 54.1 Å². The van der Waals surface area contributed by atoms with Crippen molar-refractivity contribution in [2.45, 2.75) is 32.2 Å². The number of thiazole rings is 1. The lowest BCUT2D eigenvalue weighted by molar-refractivity contribution is 0.479. The van der Waals surface area contributed by atoms with Crippen LogP contribution in [0.5, 0.6) is 10.9 Å². The summed E-state index contributed by atoms with van der Waals surface area (Å²) in [6.07, 6.45) is 3.40. The average molecular weight is 326 g/mol. The molecular formula is C19H22N2OS. The minimum atomic E-state index is 0.591. The second-order valence-corrected chi connectivity index (χ2v) is 6.62. The highest BCUT2D eigenvalue weighted by molar-refractivity contribution is 7.20. The fourth-order valence-electron chi connectivity index (χ4n) is 2.61. The van der Waals surface area contributed by atoms with Gasteiger partial charge in [-0.2, -0.15) is 0 Å². The van der Waals surface area contributed by atoms with Gasteiger partial charge in [0.1, 0.15) is 5.75 Å². The first kappa shape index (κ1) is 16.0. The lowest BCUT2D eigenvalue weighted by Gasteiger charge is -2.13. The van der Waals surface area contributed by atoms with Crippen LogP contribution in [0.25, 0.3) is 10.2 Å². The summed E-state index contributed by atoms with van der Waals surface area (Å²) in [7, 11) is 2.03. The highest BCUT2D eigenvalue weighted by Crippen LogP contribution is 2.31. The molecule has 3 rings (SSSR count). The molecule has 3 aromatic rings. The number of benzene rings is 2. The molecule has 0 aliphatic heterocycles. The van der Waals surface area contributed by atoms with Crippen molar-refractivity contribution in [1.29, 1.82) is 0 Å². The Balaban J connectivity index is 1.63. The number of aryl methyl sites for hydroxylation is 1. The molecule has 23 heavy (non-hydrogen) atoms. The van der Waals surface area contributed by atoms with Gasteiger partial charge in [-0.05, 0) is 56.1 Å². The molecule has 2 aromatic carbocycles. The van der Waals surface area contributed by atoms with E-state index < -0.39 is 0 Å². The van der Waals surface area contributed by atoms with Gasteiger partial charge in [-0.15, -0.1) is 0 Å². The summed E-state index contributed by atoms with van der Waals surface area (Å²) in [5, 5.41) is 4.04. The van der Waals surface area contributed by atoms with Gasteiger partial charge in [0.05, 0.1) is 10.2 Å². The SMILES string of the molecule is CCC(CCc1ccc(Oc2nc3ccccc3s2)cc1)NC.